The highest BCUT2D eigenvalue weighted by Gasteiger charge is 2.33. The van der Waals surface area contributed by atoms with Crippen LogP contribution in [0.1, 0.15) is 44.9 Å². The Morgan fingerprint density at radius 1 is 0.895 bits per heavy atom. The molecule has 0 spiro atoms. The lowest BCUT2D eigenvalue weighted by molar-refractivity contribution is 0.0614. The highest BCUT2D eigenvalue weighted by molar-refractivity contribution is 4.88. The van der Waals surface area contributed by atoms with Crippen molar-refractivity contribution >= 4 is 0 Å². The highest BCUT2D eigenvalue weighted by Crippen LogP contribution is 2.33. The van der Waals surface area contributed by atoms with Gasteiger partial charge in [-0.1, -0.05) is 6.42 Å². The summed E-state index contributed by atoms with van der Waals surface area (Å²) < 4.78 is 0. The Morgan fingerprint density at radius 3 is 2.11 bits per heavy atom. The van der Waals surface area contributed by atoms with Crippen LogP contribution >= 0.6 is 0 Å². The summed E-state index contributed by atoms with van der Waals surface area (Å²) in [7, 11) is 0. The number of likely N-dealkylation sites (tertiary alicyclic amines) is 2. The van der Waals surface area contributed by atoms with E-state index in [1.54, 1.807) is 0 Å². The van der Waals surface area contributed by atoms with Gasteiger partial charge in [0, 0.05) is 19.1 Å². The van der Waals surface area contributed by atoms with Crippen molar-refractivity contribution in [1.29, 1.82) is 0 Å². The summed E-state index contributed by atoms with van der Waals surface area (Å²) in [4.78, 5) is 5.40. The van der Waals surface area contributed by atoms with Gasteiger partial charge in [0.25, 0.3) is 0 Å². The first-order chi connectivity index (χ1) is 9.36. The molecule has 0 aromatic carbocycles. The minimum Gasteiger partial charge on any atom is -0.329 e. The van der Waals surface area contributed by atoms with Gasteiger partial charge in [-0.2, -0.15) is 0 Å². The van der Waals surface area contributed by atoms with E-state index in [1.165, 1.54) is 77.7 Å². The molecule has 1 atom stereocenters. The number of piperidine rings is 1. The number of nitrogens with zero attached hydrogens (tertiary/aromatic N) is 2. The van der Waals surface area contributed by atoms with Gasteiger partial charge in [-0.25, -0.2) is 0 Å². The lowest BCUT2D eigenvalue weighted by Crippen LogP contribution is -2.51. The van der Waals surface area contributed by atoms with E-state index in [9.17, 15) is 0 Å². The Morgan fingerprint density at radius 2 is 1.58 bits per heavy atom. The van der Waals surface area contributed by atoms with Crippen molar-refractivity contribution in [2.75, 3.05) is 39.3 Å². The Hall–Kier alpha value is -0.120. The third-order valence-corrected chi connectivity index (χ3v) is 5.77. The van der Waals surface area contributed by atoms with Crippen molar-refractivity contribution in [1.82, 2.24) is 9.80 Å². The molecular formula is C16H31N3. The number of nitrogens with two attached hydrogens (primary N) is 1. The SMILES string of the molecule is NCC(C1CCC1)N1CCC(CN2CCCC2)CC1. The first-order valence-electron chi connectivity index (χ1n) is 8.53. The molecule has 2 saturated heterocycles. The Labute approximate surface area is 118 Å². The zero-order valence-electron chi connectivity index (χ0n) is 12.4. The standard InChI is InChI=1S/C16H31N3/c17-12-16(15-4-3-5-15)19-10-6-14(7-11-19)13-18-8-1-2-9-18/h14-16H,1-13,17H2. The van der Waals surface area contributed by atoms with Gasteiger partial charge < -0.3 is 10.6 Å². The fourth-order valence-electron chi connectivity index (χ4n) is 4.26. The quantitative estimate of drug-likeness (QED) is 0.824. The largest absolute Gasteiger partial charge is 0.329 e. The van der Waals surface area contributed by atoms with E-state index in [4.69, 9.17) is 5.73 Å². The molecule has 0 radical (unpaired) electrons. The second-order valence-electron chi connectivity index (χ2n) is 6.98. The van der Waals surface area contributed by atoms with E-state index in [2.05, 4.69) is 9.80 Å². The molecule has 1 saturated carbocycles. The highest BCUT2D eigenvalue weighted by atomic mass is 15.2. The molecule has 0 bridgehead atoms. The van der Waals surface area contributed by atoms with Gasteiger partial charge in [0.05, 0.1) is 0 Å². The molecule has 0 aromatic heterocycles. The fourth-order valence-corrected chi connectivity index (χ4v) is 4.26. The van der Waals surface area contributed by atoms with Gasteiger partial charge in [-0.3, -0.25) is 4.90 Å². The van der Waals surface area contributed by atoms with Gasteiger partial charge >= 0.3 is 0 Å². The van der Waals surface area contributed by atoms with Gasteiger partial charge in [-0.15, -0.1) is 0 Å². The predicted octanol–water partition coefficient (Wildman–Crippen LogP) is 1.92. The van der Waals surface area contributed by atoms with Crippen molar-refractivity contribution in [2.45, 2.75) is 51.0 Å². The third-order valence-electron chi connectivity index (χ3n) is 5.77. The smallest absolute Gasteiger partial charge is 0.0246 e. The maximum atomic E-state index is 6.03. The molecule has 1 unspecified atom stereocenters. The van der Waals surface area contributed by atoms with Crippen molar-refractivity contribution in [3.63, 3.8) is 0 Å². The molecule has 1 aliphatic carbocycles. The topological polar surface area (TPSA) is 32.5 Å². The lowest BCUT2D eigenvalue weighted by Gasteiger charge is -2.44. The normalized spacial score (nSPS) is 29.5. The van der Waals surface area contributed by atoms with Crippen molar-refractivity contribution in [2.24, 2.45) is 17.6 Å². The van der Waals surface area contributed by atoms with Crippen LogP contribution in [-0.2, 0) is 0 Å². The predicted molar refractivity (Wildman–Crippen MR) is 80.2 cm³/mol. The van der Waals surface area contributed by atoms with Crippen LogP contribution < -0.4 is 5.73 Å². The zero-order valence-corrected chi connectivity index (χ0v) is 12.4. The monoisotopic (exact) mass is 265 g/mol. The summed E-state index contributed by atoms with van der Waals surface area (Å²) in [5, 5.41) is 0. The first-order valence-corrected chi connectivity index (χ1v) is 8.53. The van der Waals surface area contributed by atoms with Gasteiger partial charge in [0.2, 0.25) is 0 Å². The van der Waals surface area contributed by atoms with Crippen molar-refractivity contribution < 1.29 is 0 Å². The summed E-state index contributed by atoms with van der Waals surface area (Å²) in [5.74, 6) is 1.87. The average Bonchev–Trinajstić information content (AvgIpc) is 2.87. The second-order valence-corrected chi connectivity index (χ2v) is 6.98. The fraction of sp³-hybridized carbons (Fsp3) is 1.00. The Balaban J connectivity index is 1.42. The molecule has 3 heteroatoms. The van der Waals surface area contributed by atoms with Crippen LogP contribution in [0, 0.1) is 11.8 Å². The van der Waals surface area contributed by atoms with Crippen LogP contribution in [-0.4, -0.2) is 55.1 Å². The maximum absolute atomic E-state index is 6.03. The molecule has 19 heavy (non-hydrogen) atoms. The lowest BCUT2D eigenvalue weighted by atomic mass is 9.78. The molecule has 2 heterocycles. The minimum atomic E-state index is 0.696. The van der Waals surface area contributed by atoms with E-state index in [1.807, 2.05) is 0 Å². The van der Waals surface area contributed by atoms with Gasteiger partial charge in [0.15, 0.2) is 0 Å². The van der Waals surface area contributed by atoms with Gasteiger partial charge in [-0.05, 0) is 76.5 Å². The van der Waals surface area contributed by atoms with Crippen LogP contribution in [0.5, 0.6) is 0 Å². The number of hydrogen-bond donors (Lipinski definition) is 1. The molecule has 3 rings (SSSR count). The van der Waals surface area contributed by atoms with E-state index < -0.39 is 0 Å². The zero-order chi connectivity index (χ0) is 13.1. The van der Waals surface area contributed by atoms with E-state index >= 15 is 0 Å². The first kappa shape index (κ1) is 13.8. The third kappa shape index (κ3) is 3.32. The summed E-state index contributed by atoms with van der Waals surface area (Å²) in [6, 6.07) is 0.696. The maximum Gasteiger partial charge on any atom is 0.0246 e. The molecule has 3 aliphatic rings. The van der Waals surface area contributed by atoms with E-state index in [-0.39, 0.29) is 0 Å². The minimum absolute atomic E-state index is 0.696. The van der Waals surface area contributed by atoms with E-state index in [0.29, 0.717) is 6.04 Å². The van der Waals surface area contributed by atoms with E-state index in [0.717, 1.165) is 18.4 Å². The summed E-state index contributed by atoms with van der Waals surface area (Å²) in [6.07, 6.45) is 9.95. The molecule has 3 nitrogen and oxygen atoms in total. The number of hydrogen-bond acceptors (Lipinski definition) is 3. The van der Waals surface area contributed by atoms with Gasteiger partial charge in [0.1, 0.15) is 0 Å². The molecule has 110 valence electrons. The summed E-state index contributed by atoms with van der Waals surface area (Å²) in [5.41, 5.74) is 6.03. The Bertz CT molecular complexity index is 263. The number of rotatable bonds is 5. The van der Waals surface area contributed by atoms with Crippen LogP contribution in [0.25, 0.3) is 0 Å². The molecule has 0 amide bonds. The van der Waals surface area contributed by atoms with Crippen LogP contribution in [0.15, 0.2) is 0 Å². The molecular weight excluding hydrogens is 234 g/mol. The molecule has 2 N–H and O–H groups in total. The van der Waals surface area contributed by atoms with Crippen LogP contribution in [0.4, 0.5) is 0 Å². The summed E-state index contributed by atoms with van der Waals surface area (Å²) in [6.45, 7) is 7.56. The second kappa shape index (κ2) is 6.55. The van der Waals surface area contributed by atoms with Crippen molar-refractivity contribution in [3.8, 4) is 0 Å². The van der Waals surface area contributed by atoms with Crippen LogP contribution in [0.3, 0.4) is 0 Å². The van der Waals surface area contributed by atoms with Crippen molar-refractivity contribution in [3.05, 3.63) is 0 Å². The summed E-state index contributed by atoms with van der Waals surface area (Å²) >= 11 is 0. The van der Waals surface area contributed by atoms with Crippen LogP contribution in [0.2, 0.25) is 0 Å². The molecule has 2 aliphatic heterocycles. The average molecular weight is 265 g/mol. The Kier molecular flexibility index (Phi) is 4.78. The molecule has 0 aromatic rings. The molecule has 3 fully saturated rings.